The van der Waals surface area contributed by atoms with Gasteiger partial charge in [0.1, 0.15) is 5.75 Å². The molecule has 9 nitrogen and oxygen atoms in total. The largest absolute Gasteiger partial charge is 0.275 e. The van der Waals surface area contributed by atoms with Gasteiger partial charge in [-0.1, -0.05) is 29.8 Å². The van der Waals surface area contributed by atoms with E-state index in [0.29, 0.717) is 0 Å². The molecule has 0 N–H and O–H groups in total. The quantitative estimate of drug-likeness (QED) is 0.590. The molecule has 0 atom stereocenters. The van der Waals surface area contributed by atoms with Crippen LogP contribution in [0.25, 0.3) is 0 Å². The fraction of sp³-hybridized carbons (Fsp3) is 0.143. The molecule has 1 heterocycles. The van der Waals surface area contributed by atoms with Gasteiger partial charge in [-0.25, -0.2) is 8.42 Å². The van der Waals surface area contributed by atoms with Gasteiger partial charge in [-0.15, -0.1) is 0 Å². The zero-order valence-corrected chi connectivity index (χ0v) is 14.0. The van der Waals surface area contributed by atoms with Crippen LogP contribution in [0.2, 0.25) is 5.02 Å². The highest BCUT2D eigenvalue weighted by Gasteiger charge is 2.40. The van der Waals surface area contributed by atoms with E-state index < -0.39 is 25.6 Å². The number of nitro groups is 2. The Balaban J connectivity index is 2.15. The Labute approximate surface area is 146 Å². The summed E-state index contributed by atoms with van der Waals surface area (Å²) in [5, 5.41) is 22.3. The molecule has 0 bridgehead atoms. The molecule has 0 saturated carbocycles. The fourth-order valence-corrected chi connectivity index (χ4v) is 4.69. The highest BCUT2D eigenvalue weighted by molar-refractivity contribution is 7.92. The molecule has 0 spiro atoms. The maximum atomic E-state index is 12.5. The first kappa shape index (κ1) is 17.1. The Morgan fingerprint density at radius 2 is 1.68 bits per heavy atom. The smallest absolute Gasteiger partial charge is 0.263 e. The van der Waals surface area contributed by atoms with Crippen LogP contribution < -0.4 is 4.31 Å². The van der Waals surface area contributed by atoms with Crippen molar-refractivity contribution in [1.29, 1.82) is 0 Å². The molecule has 130 valence electrons. The van der Waals surface area contributed by atoms with Crippen LogP contribution in [0.1, 0.15) is 11.1 Å². The minimum absolute atomic E-state index is 0.00554. The zero-order chi connectivity index (χ0) is 18.4. The average Bonchev–Trinajstić information content (AvgIpc) is 2.79. The Hall–Kier alpha value is -2.72. The number of benzene rings is 2. The van der Waals surface area contributed by atoms with E-state index in [9.17, 15) is 28.6 Å². The standard InChI is InChI=1S/C14H10ClN3O6S/c15-11-5-6-13(18(21)22)10-8-25(23,24)16(14(10)11)7-9-3-1-2-4-12(9)17(19)20/h1-6H,7-8H2. The summed E-state index contributed by atoms with van der Waals surface area (Å²) in [6.07, 6.45) is 0. The van der Waals surface area contributed by atoms with Crippen LogP contribution in [0, 0.1) is 20.2 Å². The van der Waals surface area contributed by atoms with E-state index in [2.05, 4.69) is 0 Å². The van der Waals surface area contributed by atoms with Gasteiger partial charge >= 0.3 is 0 Å². The molecule has 1 aliphatic rings. The van der Waals surface area contributed by atoms with Crippen molar-refractivity contribution >= 4 is 38.7 Å². The second-order valence-electron chi connectivity index (χ2n) is 5.30. The number of nitro benzene ring substituents is 2. The molecule has 3 rings (SSSR count). The number of sulfonamides is 1. The molecule has 0 aliphatic carbocycles. The second-order valence-corrected chi connectivity index (χ2v) is 7.60. The van der Waals surface area contributed by atoms with Crippen molar-refractivity contribution in [2.24, 2.45) is 0 Å². The van der Waals surface area contributed by atoms with E-state index >= 15 is 0 Å². The van der Waals surface area contributed by atoms with Gasteiger partial charge in [-0.05, 0) is 6.07 Å². The Bertz CT molecular complexity index is 1010. The molecule has 11 heteroatoms. The molecule has 0 unspecified atom stereocenters. The van der Waals surface area contributed by atoms with Gasteiger partial charge in [0.05, 0.1) is 38.2 Å². The van der Waals surface area contributed by atoms with Crippen LogP contribution in [0.15, 0.2) is 36.4 Å². The molecular formula is C14H10ClN3O6S. The SMILES string of the molecule is O=[N+]([O-])c1ccccc1CN1c2c(Cl)ccc([N+](=O)[O-])c2CS1(=O)=O. The molecule has 25 heavy (non-hydrogen) atoms. The Kier molecular flexibility index (Phi) is 4.09. The van der Waals surface area contributed by atoms with E-state index in [4.69, 9.17) is 11.6 Å². The third-order valence-electron chi connectivity index (χ3n) is 3.82. The van der Waals surface area contributed by atoms with Crippen molar-refractivity contribution in [3.63, 3.8) is 0 Å². The lowest BCUT2D eigenvalue weighted by molar-refractivity contribution is -0.385. The van der Waals surface area contributed by atoms with Crippen molar-refractivity contribution < 1.29 is 18.3 Å². The predicted octanol–water partition coefficient (Wildman–Crippen LogP) is 3.01. The van der Waals surface area contributed by atoms with Crippen LogP contribution in [0.3, 0.4) is 0 Å². The molecule has 0 radical (unpaired) electrons. The zero-order valence-electron chi connectivity index (χ0n) is 12.5. The van der Waals surface area contributed by atoms with Crippen molar-refractivity contribution in [3.8, 4) is 0 Å². The van der Waals surface area contributed by atoms with E-state index in [1.54, 1.807) is 6.07 Å². The third-order valence-corrected chi connectivity index (χ3v) is 5.76. The summed E-state index contributed by atoms with van der Waals surface area (Å²) in [4.78, 5) is 21.0. The van der Waals surface area contributed by atoms with Gasteiger partial charge in [0.15, 0.2) is 0 Å². The minimum atomic E-state index is -3.94. The van der Waals surface area contributed by atoms with Crippen LogP contribution in [-0.2, 0) is 22.3 Å². The lowest BCUT2D eigenvalue weighted by Crippen LogP contribution is -2.26. The summed E-state index contributed by atoms with van der Waals surface area (Å²) in [7, 11) is -3.94. The maximum absolute atomic E-state index is 12.5. The average molecular weight is 384 g/mol. The molecule has 0 amide bonds. The second kappa shape index (κ2) is 5.97. The summed E-state index contributed by atoms with van der Waals surface area (Å²) in [5.74, 6) is -0.583. The highest BCUT2D eigenvalue weighted by atomic mass is 35.5. The van der Waals surface area contributed by atoms with E-state index in [-0.39, 0.29) is 39.8 Å². The maximum Gasteiger partial charge on any atom is 0.275 e. The number of anilines is 1. The van der Waals surface area contributed by atoms with Gasteiger partial charge in [-0.2, -0.15) is 0 Å². The van der Waals surface area contributed by atoms with Crippen LogP contribution in [-0.4, -0.2) is 18.3 Å². The Morgan fingerprint density at radius 1 is 1.04 bits per heavy atom. The number of para-hydroxylation sites is 1. The van der Waals surface area contributed by atoms with Crippen LogP contribution >= 0.6 is 11.6 Å². The van der Waals surface area contributed by atoms with E-state index in [0.717, 1.165) is 10.4 Å². The van der Waals surface area contributed by atoms with Gasteiger partial charge in [0, 0.05) is 12.1 Å². The number of fused-ring (bicyclic) bond motifs is 1. The van der Waals surface area contributed by atoms with E-state index in [1.807, 2.05) is 0 Å². The Morgan fingerprint density at radius 3 is 2.32 bits per heavy atom. The number of hydrogen-bond acceptors (Lipinski definition) is 6. The summed E-state index contributed by atoms with van der Waals surface area (Å²) in [5.41, 5.74) is -0.461. The first-order valence-electron chi connectivity index (χ1n) is 6.91. The first-order chi connectivity index (χ1) is 11.7. The lowest BCUT2D eigenvalue weighted by atomic mass is 10.1. The van der Waals surface area contributed by atoms with Crippen LogP contribution in [0.4, 0.5) is 17.1 Å². The first-order valence-corrected chi connectivity index (χ1v) is 8.89. The molecular weight excluding hydrogens is 374 g/mol. The minimum Gasteiger partial charge on any atom is -0.263 e. The van der Waals surface area contributed by atoms with Crippen LogP contribution in [0.5, 0.6) is 0 Å². The summed E-state index contributed by atoms with van der Waals surface area (Å²) >= 11 is 6.07. The van der Waals surface area contributed by atoms with Gasteiger partial charge in [0.25, 0.3) is 11.4 Å². The molecule has 0 aromatic heterocycles. The number of hydrogen-bond donors (Lipinski definition) is 0. The number of rotatable bonds is 4. The van der Waals surface area contributed by atoms with Gasteiger partial charge in [-0.3, -0.25) is 24.5 Å². The molecule has 2 aromatic rings. The van der Waals surface area contributed by atoms with Gasteiger partial charge in [0.2, 0.25) is 10.0 Å². The number of halogens is 1. The monoisotopic (exact) mass is 383 g/mol. The third kappa shape index (κ3) is 2.89. The van der Waals surface area contributed by atoms with Crippen molar-refractivity contribution in [2.75, 3.05) is 4.31 Å². The molecule has 1 aliphatic heterocycles. The molecule has 0 fully saturated rings. The van der Waals surface area contributed by atoms with Crippen molar-refractivity contribution in [3.05, 3.63) is 72.8 Å². The van der Waals surface area contributed by atoms with E-state index in [1.165, 1.54) is 24.3 Å². The summed E-state index contributed by atoms with van der Waals surface area (Å²) in [6.45, 7) is -0.340. The predicted molar refractivity (Wildman–Crippen MR) is 90.0 cm³/mol. The lowest BCUT2D eigenvalue weighted by Gasteiger charge is -2.19. The topological polar surface area (TPSA) is 124 Å². The highest BCUT2D eigenvalue weighted by Crippen LogP contribution is 2.45. The molecule has 2 aromatic carbocycles. The number of nitrogens with zero attached hydrogens (tertiary/aromatic N) is 3. The summed E-state index contributed by atoms with van der Waals surface area (Å²) < 4.78 is 25.9. The molecule has 0 saturated heterocycles. The van der Waals surface area contributed by atoms with Crippen molar-refractivity contribution in [1.82, 2.24) is 0 Å². The summed E-state index contributed by atoms with van der Waals surface area (Å²) in [6, 6.07) is 8.08. The normalized spacial score (nSPS) is 15.0. The fourth-order valence-electron chi connectivity index (χ4n) is 2.73. The van der Waals surface area contributed by atoms with Crippen molar-refractivity contribution in [2.45, 2.75) is 12.3 Å². The van der Waals surface area contributed by atoms with Gasteiger partial charge < -0.3 is 0 Å².